The third kappa shape index (κ3) is 4.28. The van der Waals surface area contributed by atoms with Crippen LogP contribution in [0.1, 0.15) is 47.1 Å². The topological polar surface area (TPSA) is 55.4 Å². The van der Waals surface area contributed by atoms with Crippen molar-refractivity contribution in [2.45, 2.75) is 27.2 Å². The Balaban J connectivity index is 2.01. The number of hydrogen-bond donors (Lipinski definition) is 1. The largest absolute Gasteiger partial charge is 0.462 e. The summed E-state index contributed by atoms with van der Waals surface area (Å²) < 4.78 is 6.10. The number of hydrogen-bond acceptors (Lipinski definition) is 4. The van der Waals surface area contributed by atoms with Crippen molar-refractivity contribution < 1.29 is 14.3 Å². The van der Waals surface area contributed by atoms with Gasteiger partial charge in [-0.05, 0) is 57.6 Å². The van der Waals surface area contributed by atoms with E-state index in [0.717, 1.165) is 26.5 Å². The molecule has 0 saturated heterocycles. The Labute approximate surface area is 177 Å². The first-order valence-electron chi connectivity index (χ1n) is 9.19. The van der Waals surface area contributed by atoms with Crippen LogP contribution in [0, 0.1) is 5.92 Å². The number of esters is 1. The molecule has 0 aliphatic carbocycles. The molecule has 3 aromatic rings. The Hall–Kier alpha value is -2.18. The molecule has 0 spiro atoms. The zero-order chi connectivity index (χ0) is 20.3. The highest BCUT2D eigenvalue weighted by molar-refractivity contribution is 9.11. The van der Waals surface area contributed by atoms with Crippen molar-refractivity contribution in [3.05, 3.63) is 62.9 Å². The SMILES string of the molecule is CCOC(=O)c1c(NC(=O)c2cccc3ccccc23)sc(Br)c1CC(C)C. The molecular formula is C22H22BrNO3S. The summed E-state index contributed by atoms with van der Waals surface area (Å²) >= 11 is 4.91. The molecule has 0 aliphatic rings. The minimum atomic E-state index is -0.409. The van der Waals surface area contributed by atoms with Gasteiger partial charge in [0.2, 0.25) is 0 Å². The molecule has 2 aromatic carbocycles. The van der Waals surface area contributed by atoms with Gasteiger partial charge in [0.25, 0.3) is 5.91 Å². The highest BCUT2D eigenvalue weighted by atomic mass is 79.9. The highest BCUT2D eigenvalue weighted by Crippen LogP contribution is 2.39. The number of fused-ring (bicyclic) bond motifs is 1. The van der Waals surface area contributed by atoms with Gasteiger partial charge >= 0.3 is 5.97 Å². The van der Waals surface area contributed by atoms with Gasteiger partial charge in [0.15, 0.2) is 0 Å². The van der Waals surface area contributed by atoms with Crippen LogP contribution in [-0.4, -0.2) is 18.5 Å². The maximum absolute atomic E-state index is 13.0. The normalized spacial score (nSPS) is 11.0. The summed E-state index contributed by atoms with van der Waals surface area (Å²) in [7, 11) is 0. The van der Waals surface area contributed by atoms with Crippen LogP contribution in [0.25, 0.3) is 10.8 Å². The van der Waals surface area contributed by atoms with Crippen LogP contribution in [0.15, 0.2) is 46.3 Å². The van der Waals surface area contributed by atoms with Crippen molar-refractivity contribution in [2.75, 3.05) is 11.9 Å². The van der Waals surface area contributed by atoms with Crippen LogP contribution in [-0.2, 0) is 11.2 Å². The number of halogens is 1. The smallest absolute Gasteiger partial charge is 0.341 e. The summed E-state index contributed by atoms with van der Waals surface area (Å²) in [6, 6.07) is 13.4. The molecule has 0 aliphatic heterocycles. The zero-order valence-electron chi connectivity index (χ0n) is 16.0. The Bertz CT molecular complexity index is 1020. The molecule has 0 bridgehead atoms. The zero-order valence-corrected chi connectivity index (χ0v) is 18.4. The maximum atomic E-state index is 13.0. The Morgan fingerprint density at radius 3 is 2.57 bits per heavy atom. The fourth-order valence-electron chi connectivity index (χ4n) is 3.13. The van der Waals surface area contributed by atoms with Crippen molar-refractivity contribution in [3.63, 3.8) is 0 Å². The van der Waals surface area contributed by atoms with Crippen molar-refractivity contribution >= 4 is 54.9 Å². The van der Waals surface area contributed by atoms with Gasteiger partial charge in [-0.2, -0.15) is 0 Å². The van der Waals surface area contributed by atoms with Gasteiger partial charge in [-0.25, -0.2) is 4.79 Å². The molecule has 28 heavy (non-hydrogen) atoms. The standard InChI is InChI=1S/C22H22BrNO3S/c1-4-27-22(26)18-17(12-13(2)3)19(23)28-21(18)24-20(25)16-11-7-9-14-8-5-6-10-15(14)16/h5-11,13H,4,12H2,1-3H3,(H,24,25). The molecule has 146 valence electrons. The van der Waals surface area contributed by atoms with E-state index in [1.165, 1.54) is 11.3 Å². The van der Waals surface area contributed by atoms with E-state index in [1.54, 1.807) is 13.0 Å². The minimum absolute atomic E-state index is 0.243. The van der Waals surface area contributed by atoms with E-state index in [-0.39, 0.29) is 12.5 Å². The third-order valence-corrected chi connectivity index (χ3v) is 6.21. The van der Waals surface area contributed by atoms with Crippen molar-refractivity contribution in [1.29, 1.82) is 0 Å². The number of ether oxygens (including phenoxy) is 1. The second kappa shape index (κ2) is 8.88. The number of anilines is 1. The molecule has 3 rings (SSSR count). The van der Waals surface area contributed by atoms with Gasteiger partial charge in [0.1, 0.15) is 5.00 Å². The highest BCUT2D eigenvalue weighted by Gasteiger charge is 2.26. The summed E-state index contributed by atoms with van der Waals surface area (Å²) in [4.78, 5) is 25.7. The Morgan fingerprint density at radius 1 is 1.14 bits per heavy atom. The average molecular weight is 460 g/mol. The molecule has 0 saturated carbocycles. The summed E-state index contributed by atoms with van der Waals surface area (Å²) in [5, 5.41) is 5.32. The molecule has 0 fully saturated rings. The van der Waals surface area contributed by atoms with Crippen LogP contribution in [0.3, 0.4) is 0 Å². The van der Waals surface area contributed by atoms with Gasteiger partial charge in [0, 0.05) is 5.56 Å². The summed E-state index contributed by atoms with van der Waals surface area (Å²) in [5.41, 5.74) is 1.90. The van der Waals surface area contributed by atoms with E-state index in [2.05, 4.69) is 35.1 Å². The van der Waals surface area contributed by atoms with Crippen molar-refractivity contribution in [1.82, 2.24) is 0 Å². The number of rotatable bonds is 6. The van der Waals surface area contributed by atoms with E-state index in [9.17, 15) is 9.59 Å². The number of carbonyl (C=O) groups is 2. The molecule has 1 N–H and O–H groups in total. The molecule has 0 radical (unpaired) electrons. The first-order valence-corrected chi connectivity index (χ1v) is 10.8. The fraction of sp³-hybridized carbons (Fsp3) is 0.273. The second-order valence-corrected chi connectivity index (χ2v) is 9.20. The molecule has 0 unspecified atom stereocenters. The second-order valence-electron chi connectivity index (χ2n) is 6.86. The Morgan fingerprint density at radius 2 is 1.86 bits per heavy atom. The van der Waals surface area contributed by atoms with Crippen molar-refractivity contribution in [2.24, 2.45) is 5.92 Å². The first kappa shape index (κ1) is 20.6. The summed E-state index contributed by atoms with van der Waals surface area (Å²) in [6.07, 6.45) is 0.718. The molecule has 1 heterocycles. The first-order chi connectivity index (χ1) is 13.4. The van der Waals surface area contributed by atoms with E-state index in [0.29, 0.717) is 22.0 Å². The third-order valence-electron chi connectivity index (χ3n) is 4.31. The summed E-state index contributed by atoms with van der Waals surface area (Å²) in [6.45, 7) is 6.24. The summed E-state index contributed by atoms with van der Waals surface area (Å²) in [5.74, 6) is -0.291. The van der Waals surface area contributed by atoms with E-state index in [4.69, 9.17) is 4.74 Å². The average Bonchev–Trinajstić information content (AvgIpc) is 2.95. The van der Waals surface area contributed by atoms with E-state index < -0.39 is 5.97 Å². The lowest BCUT2D eigenvalue weighted by molar-refractivity contribution is 0.0526. The lowest BCUT2D eigenvalue weighted by Gasteiger charge is -2.11. The molecule has 6 heteroatoms. The minimum Gasteiger partial charge on any atom is -0.462 e. The molecule has 4 nitrogen and oxygen atoms in total. The number of nitrogens with one attached hydrogen (secondary N) is 1. The van der Waals surface area contributed by atoms with Crippen molar-refractivity contribution in [3.8, 4) is 0 Å². The molecular weight excluding hydrogens is 438 g/mol. The van der Waals surface area contributed by atoms with Crippen LogP contribution in [0.5, 0.6) is 0 Å². The number of benzene rings is 2. The molecule has 0 atom stereocenters. The predicted molar refractivity (Wildman–Crippen MR) is 118 cm³/mol. The van der Waals surface area contributed by atoms with Gasteiger partial charge in [-0.1, -0.05) is 50.2 Å². The van der Waals surface area contributed by atoms with Gasteiger partial charge < -0.3 is 10.1 Å². The van der Waals surface area contributed by atoms with Crippen LogP contribution in [0.2, 0.25) is 0 Å². The van der Waals surface area contributed by atoms with Crippen LogP contribution >= 0.6 is 27.3 Å². The van der Waals surface area contributed by atoms with Gasteiger partial charge in [0.05, 0.1) is 16.0 Å². The Kier molecular flexibility index (Phi) is 6.52. The van der Waals surface area contributed by atoms with E-state index in [1.807, 2.05) is 36.4 Å². The number of thiophene rings is 1. The van der Waals surface area contributed by atoms with Crippen LogP contribution in [0.4, 0.5) is 5.00 Å². The van der Waals surface area contributed by atoms with Gasteiger partial charge in [-0.3, -0.25) is 4.79 Å². The lowest BCUT2D eigenvalue weighted by Crippen LogP contribution is -2.16. The number of carbonyl (C=O) groups excluding carboxylic acids is 2. The lowest BCUT2D eigenvalue weighted by atomic mass is 10.0. The maximum Gasteiger partial charge on any atom is 0.341 e. The predicted octanol–water partition coefficient (Wildman–Crippen LogP) is 6.29. The molecule has 1 amide bonds. The van der Waals surface area contributed by atoms with E-state index >= 15 is 0 Å². The fourth-order valence-corrected chi connectivity index (χ4v) is 4.92. The molecule has 1 aromatic heterocycles. The number of amides is 1. The quantitative estimate of drug-likeness (QED) is 0.440. The monoisotopic (exact) mass is 459 g/mol. The van der Waals surface area contributed by atoms with Crippen LogP contribution < -0.4 is 5.32 Å². The van der Waals surface area contributed by atoms with Gasteiger partial charge in [-0.15, -0.1) is 11.3 Å².